The maximum atomic E-state index is 13.1. The molecule has 122 valence electrons. The van der Waals surface area contributed by atoms with E-state index in [1.165, 1.54) is 12.8 Å². The summed E-state index contributed by atoms with van der Waals surface area (Å²) in [7, 11) is 0. The molecule has 0 N–H and O–H groups in total. The second kappa shape index (κ2) is 5.70. The summed E-state index contributed by atoms with van der Waals surface area (Å²) in [6.07, 6.45) is 5.53. The Morgan fingerprint density at radius 3 is 2.73 bits per heavy atom. The van der Waals surface area contributed by atoms with Gasteiger partial charge in [0.1, 0.15) is 6.10 Å². The summed E-state index contributed by atoms with van der Waals surface area (Å²) >= 11 is 1.73. The Labute approximate surface area is 137 Å². The molecular weight excluding hydrogens is 296 g/mol. The van der Waals surface area contributed by atoms with Gasteiger partial charge >= 0.3 is 5.97 Å². The highest BCUT2D eigenvalue weighted by molar-refractivity contribution is 8.02. The number of Topliss-reactive ketones (excluding diaryl/α,β-unsaturated/α-hetero) is 1. The van der Waals surface area contributed by atoms with Gasteiger partial charge in [-0.1, -0.05) is 26.7 Å². The molecule has 2 aliphatic carbocycles. The monoisotopic (exact) mass is 322 g/mol. The fraction of sp³-hybridized carbons (Fsp3) is 0.778. The van der Waals surface area contributed by atoms with Crippen LogP contribution in [-0.2, 0) is 14.3 Å². The largest absolute Gasteiger partial charge is 0.461 e. The number of hydrogen-bond acceptors (Lipinski definition) is 4. The maximum Gasteiger partial charge on any atom is 0.312 e. The van der Waals surface area contributed by atoms with Crippen LogP contribution in [-0.4, -0.2) is 23.6 Å². The molecule has 1 heterocycles. The number of thioether (sulfide) groups is 1. The van der Waals surface area contributed by atoms with E-state index in [9.17, 15) is 9.59 Å². The summed E-state index contributed by atoms with van der Waals surface area (Å²) in [6, 6.07) is 0. The molecule has 3 aliphatic rings. The van der Waals surface area contributed by atoms with Crippen LogP contribution in [0.2, 0.25) is 0 Å². The molecule has 0 unspecified atom stereocenters. The lowest BCUT2D eigenvalue weighted by Gasteiger charge is -2.49. The molecule has 0 bridgehead atoms. The molecule has 1 saturated heterocycles. The molecule has 22 heavy (non-hydrogen) atoms. The van der Waals surface area contributed by atoms with E-state index >= 15 is 0 Å². The Kier molecular flexibility index (Phi) is 4.17. The summed E-state index contributed by atoms with van der Waals surface area (Å²) in [5.74, 6) is 1.30. The minimum Gasteiger partial charge on any atom is -0.461 e. The summed E-state index contributed by atoms with van der Waals surface area (Å²) in [4.78, 5) is 25.4. The van der Waals surface area contributed by atoms with E-state index in [4.69, 9.17) is 4.74 Å². The van der Waals surface area contributed by atoms with Gasteiger partial charge in [0.15, 0.2) is 5.78 Å². The van der Waals surface area contributed by atoms with E-state index in [1.807, 2.05) is 12.3 Å². The number of ether oxygens (including phenoxy) is 1. The highest BCUT2D eigenvalue weighted by Crippen LogP contribution is 2.61. The van der Waals surface area contributed by atoms with E-state index < -0.39 is 10.8 Å². The van der Waals surface area contributed by atoms with Crippen molar-refractivity contribution in [2.24, 2.45) is 16.7 Å². The lowest BCUT2D eigenvalue weighted by molar-refractivity contribution is -0.148. The molecule has 4 heteroatoms. The van der Waals surface area contributed by atoms with Crippen molar-refractivity contribution in [2.75, 3.05) is 5.75 Å². The average Bonchev–Trinajstić information content (AvgIpc) is 2.73. The van der Waals surface area contributed by atoms with Crippen molar-refractivity contribution in [1.82, 2.24) is 0 Å². The summed E-state index contributed by atoms with van der Waals surface area (Å²) < 4.78 is 5.71. The zero-order valence-electron chi connectivity index (χ0n) is 13.8. The number of carbonyl (C=O) groups is 2. The zero-order chi connectivity index (χ0) is 16.0. The molecule has 3 rings (SSSR count). The van der Waals surface area contributed by atoms with Gasteiger partial charge < -0.3 is 4.74 Å². The number of esters is 1. The lowest BCUT2D eigenvalue weighted by Crippen LogP contribution is -2.54. The number of rotatable bonds is 4. The van der Waals surface area contributed by atoms with Gasteiger partial charge in [-0.05, 0) is 37.3 Å². The Morgan fingerprint density at radius 1 is 1.27 bits per heavy atom. The predicted octanol–water partition coefficient (Wildman–Crippen LogP) is 4.11. The van der Waals surface area contributed by atoms with Gasteiger partial charge in [0.25, 0.3) is 0 Å². The first-order valence-corrected chi connectivity index (χ1v) is 9.55. The second-order valence-electron chi connectivity index (χ2n) is 7.51. The van der Waals surface area contributed by atoms with Crippen molar-refractivity contribution in [1.29, 1.82) is 0 Å². The van der Waals surface area contributed by atoms with Crippen LogP contribution in [0.3, 0.4) is 0 Å². The van der Waals surface area contributed by atoms with Crippen molar-refractivity contribution in [3.05, 3.63) is 11.0 Å². The number of carbonyl (C=O) groups excluding carboxylic acids is 2. The van der Waals surface area contributed by atoms with E-state index in [0.29, 0.717) is 6.42 Å². The quantitative estimate of drug-likeness (QED) is 0.444. The van der Waals surface area contributed by atoms with E-state index in [2.05, 4.69) is 13.8 Å². The van der Waals surface area contributed by atoms with Gasteiger partial charge in [-0.25, -0.2) is 0 Å². The average molecular weight is 322 g/mol. The number of ketones is 1. The van der Waals surface area contributed by atoms with Crippen molar-refractivity contribution in [3.8, 4) is 0 Å². The molecule has 3 nitrogen and oxygen atoms in total. The number of hydrogen-bond donors (Lipinski definition) is 0. The van der Waals surface area contributed by atoms with Crippen LogP contribution in [0.25, 0.3) is 0 Å². The third kappa shape index (κ3) is 2.26. The van der Waals surface area contributed by atoms with E-state index in [-0.39, 0.29) is 23.8 Å². The molecule has 0 aromatic carbocycles. The minimum atomic E-state index is -0.450. The molecule has 0 aromatic rings. The van der Waals surface area contributed by atoms with Crippen LogP contribution in [0, 0.1) is 16.7 Å². The van der Waals surface area contributed by atoms with Crippen LogP contribution in [0.1, 0.15) is 59.3 Å². The van der Waals surface area contributed by atoms with Gasteiger partial charge in [0.2, 0.25) is 0 Å². The predicted molar refractivity (Wildman–Crippen MR) is 88.5 cm³/mol. The summed E-state index contributed by atoms with van der Waals surface area (Å²) in [5, 5.41) is 2.04. The van der Waals surface area contributed by atoms with Gasteiger partial charge in [0.05, 0.1) is 5.41 Å². The second-order valence-corrected chi connectivity index (χ2v) is 8.49. The lowest BCUT2D eigenvalue weighted by atomic mass is 9.50. The SMILES string of the molecule is CCCCS/C=C1\C[C@H]2OC(=O)[C@@]3(C)CCC[C@](C)(C1=O)[C@@H]23. The van der Waals surface area contributed by atoms with Crippen molar-refractivity contribution < 1.29 is 14.3 Å². The van der Waals surface area contributed by atoms with Crippen molar-refractivity contribution in [3.63, 3.8) is 0 Å². The van der Waals surface area contributed by atoms with Crippen LogP contribution in [0.15, 0.2) is 11.0 Å². The molecule has 0 spiro atoms. The zero-order valence-corrected chi connectivity index (χ0v) is 14.6. The van der Waals surface area contributed by atoms with Gasteiger partial charge in [0, 0.05) is 23.3 Å². The topological polar surface area (TPSA) is 43.4 Å². The Balaban J connectivity index is 1.88. The third-order valence-corrected chi connectivity index (χ3v) is 6.91. The first-order valence-electron chi connectivity index (χ1n) is 8.50. The van der Waals surface area contributed by atoms with Crippen LogP contribution in [0.4, 0.5) is 0 Å². The fourth-order valence-corrected chi connectivity index (χ4v) is 5.78. The van der Waals surface area contributed by atoms with Crippen LogP contribution < -0.4 is 0 Å². The van der Waals surface area contributed by atoms with E-state index in [0.717, 1.165) is 30.6 Å². The molecule has 2 saturated carbocycles. The fourth-order valence-electron chi connectivity index (χ4n) is 4.81. The third-order valence-electron chi connectivity index (χ3n) is 5.93. The first-order chi connectivity index (χ1) is 10.4. The van der Waals surface area contributed by atoms with Gasteiger partial charge in [-0.3, -0.25) is 9.59 Å². The summed E-state index contributed by atoms with van der Waals surface area (Å²) in [6.45, 7) is 6.25. The highest BCUT2D eigenvalue weighted by atomic mass is 32.2. The van der Waals surface area contributed by atoms with Gasteiger partial charge in [-0.2, -0.15) is 0 Å². The highest BCUT2D eigenvalue weighted by Gasteiger charge is 2.66. The molecule has 0 radical (unpaired) electrons. The standard InChI is InChI=1S/C18H26O3S/c1-4-5-9-22-11-12-10-13-14-17(2,15(12)19)7-6-8-18(14,3)16(20)21-13/h11,13-14H,4-10H2,1-3H3/b12-11+/t13-,14-,17+,18+/m1/s1. The van der Waals surface area contributed by atoms with Crippen LogP contribution in [0.5, 0.6) is 0 Å². The molecule has 4 atom stereocenters. The normalized spacial score (nSPS) is 42.4. The smallest absolute Gasteiger partial charge is 0.312 e. The molecule has 0 aromatic heterocycles. The van der Waals surface area contributed by atoms with Crippen molar-refractivity contribution in [2.45, 2.75) is 65.4 Å². The Bertz CT molecular complexity index is 526. The van der Waals surface area contributed by atoms with Gasteiger partial charge in [-0.15, -0.1) is 11.8 Å². The first kappa shape index (κ1) is 16.1. The Hall–Kier alpha value is -0.770. The number of unbranched alkanes of at least 4 members (excludes halogenated alkanes) is 1. The van der Waals surface area contributed by atoms with Crippen molar-refractivity contribution >= 4 is 23.5 Å². The Morgan fingerprint density at radius 2 is 2.00 bits per heavy atom. The molecule has 1 aliphatic heterocycles. The minimum absolute atomic E-state index is 0.0616. The molecular formula is C18H26O3S. The molecule has 0 amide bonds. The van der Waals surface area contributed by atoms with Crippen LogP contribution >= 0.6 is 11.8 Å². The maximum absolute atomic E-state index is 13.1. The molecule has 3 fully saturated rings. The van der Waals surface area contributed by atoms with E-state index in [1.54, 1.807) is 11.8 Å². The summed E-state index contributed by atoms with van der Waals surface area (Å²) in [5.41, 5.74) is 0.0109.